The van der Waals surface area contributed by atoms with Gasteiger partial charge in [-0.05, 0) is 18.2 Å². The van der Waals surface area contributed by atoms with Crippen molar-refractivity contribution in [2.45, 2.75) is 13.3 Å². The maximum atomic E-state index is 14.0. The van der Waals surface area contributed by atoms with Gasteiger partial charge >= 0.3 is 0 Å². The lowest BCUT2D eigenvalue weighted by Gasteiger charge is -2.04. The fourth-order valence-electron chi connectivity index (χ4n) is 1.67. The van der Waals surface area contributed by atoms with E-state index in [9.17, 15) is 14.0 Å². The first-order valence-corrected chi connectivity index (χ1v) is 6.64. The van der Waals surface area contributed by atoms with Crippen molar-refractivity contribution in [3.63, 3.8) is 0 Å². The van der Waals surface area contributed by atoms with Gasteiger partial charge in [0.05, 0.1) is 12.1 Å². The van der Waals surface area contributed by atoms with E-state index in [0.717, 1.165) is 0 Å². The van der Waals surface area contributed by atoms with E-state index in [1.54, 1.807) is 11.4 Å². The number of hydrogen-bond donors (Lipinski definition) is 2. The van der Waals surface area contributed by atoms with Gasteiger partial charge in [-0.3, -0.25) is 9.59 Å². The Kier molecular flexibility index (Phi) is 4.09. The fourth-order valence-corrected chi connectivity index (χ4v) is 2.47. The Morgan fingerprint density at radius 1 is 1.45 bits per heavy atom. The number of nitrogens with two attached hydrogens (primary N) is 1. The molecule has 1 aromatic carbocycles. The summed E-state index contributed by atoms with van der Waals surface area (Å²) < 4.78 is 14.0. The third kappa shape index (κ3) is 3.39. The quantitative estimate of drug-likeness (QED) is 0.903. The third-order valence-electron chi connectivity index (χ3n) is 2.44. The molecule has 104 valence electrons. The molecule has 2 amide bonds. The summed E-state index contributed by atoms with van der Waals surface area (Å²) >= 11 is 1.25. The molecule has 0 spiro atoms. The average molecular weight is 293 g/mol. The van der Waals surface area contributed by atoms with E-state index in [-0.39, 0.29) is 12.3 Å². The number of carbonyl (C=O) groups is 2. The van der Waals surface area contributed by atoms with Crippen LogP contribution >= 0.6 is 11.3 Å². The molecule has 0 radical (unpaired) electrons. The van der Waals surface area contributed by atoms with E-state index in [4.69, 9.17) is 5.73 Å². The first-order chi connectivity index (χ1) is 9.45. The van der Waals surface area contributed by atoms with Gasteiger partial charge in [-0.2, -0.15) is 0 Å². The SMILES string of the molecule is CC(=O)Nc1ccc(-c2csc(CC(N)=O)n2)c(F)c1. The summed E-state index contributed by atoms with van der Waals surface area (Å²) in [6.07, 6.45) is 0.0380. The first kappa shape index (κ1) is 14.1. The minimum Gasteiger partial charge on any atom is -0.369 e. The van der Waals surface area contributed by atoms with Crippen LogP contribution in [-0.4, -0.2) is 16.8 Å². The lowest BCUT2D eigenvalue weighted by atomic mass is 10.1. The zero-order chi connectivity index (χ0) is 14.7. The van der Waals surface area contributed by atoms with E-state index >= 15 is 0 Å². The van der Waals surface area contributed by atoms with Gasteiger partial charge in [0.25, 0.3) is 0 Å². The number of thiazole rings is 1. The molecule has 0 aliphatic rings. The molecule has 1 aromatic heterocycles. The van der Waals surface area contributed by atoms with Crippen molar-refractivity contribution in [3.05, 3.63) is 34.4 Å². The minimum absolute atomic E-state index is 0.0380. The van der Waals surface area contributed by atoms with Gasteiger partial charge in [-0.1, -0.05) is 0 Å². The molecule has 0 bridgehead atoms. The van der Waals surface area contributed by atoms with Gasteiger partial charge in [0, 0.05) is 23.6 Å². The number of carbonyl (C=O) groups excluding carboxylic acids is 2. The Bertz CT molecular complexity index is 669. The van der Waals surface area contributed by atoms with Crippen LogP contribution in [0.5, 0.6) is 0 Å². The highest BCUT2D eigenvalue weighted by Gasteiger charge is 2.11. The van der Waals surface area contributed by atoms with E-state index in [1.165, 1.54) is 30.4 Å². The number of anilines is 1. The normalized spacial score (nSPS) is 10.3. The summed E-state index contributed by atoms with van der Waals surface area (Å²) in [5.41, 5.74) is 6.22. The molecule has 5 nitrogen and oxygen atoms in total. The van der Waals surface area contributed by atoms with Crippen molar-refractivity contribution < 1.29 is 14.0 Å². The Labute approximate surface area is 118 Å². The maximum absolute atomic E-state index is 14.0. The monoisotopic (exact) mass is 293 g/mol. The second-order valence-electron chi connectivity index (χ2n) is 4.15. The van der Waals surface area contributed by atoms with Crippen LogP contribution < -0.4 is 11.1 Å². The standard InChI is InChI=1S/C13H12FN3O2S/c1-7(18)16-8-2-3-9(10(14)4-8)11-6-20-13(17-11)5-12(15)19/h2-4,6H,5H2,1H3,(H2,15,19)(H,16,18). The van der Waals surface area contributed by atoms with Crippen molar-refractivity contribution in [2.24, 2.45) is 5.73 Å². The number of aromatic nitrogens is 1. The van der Waals surface area contributed by atoms with Gasteiger partial charge in [0.1, 0.15) is 10.8 Å². The molecule has 0 unspecified atom stereocenters. The second kappa shape index (κ2) is 5.79. The molecule has 7 heteroatoms. The molecule has 20 heavy (non-hydrogen) atoms. The number of nitrogens with one attached hydrogen (secondary N) is 1. The van der Waals surface area contributed by atoms with Crippen LogP contribution in [0.25, 0.3) is 11.3 Å². The summed E-state index contributed by atoms with van der Waals surface area (Å²) in [7, 11) is 0. The lowest BCUT2D eigenvalue weighted by molar-refractivity contribution is -0.117. The smallest absolute Gasteiger partial charge is 0.224 e. The first-order valence-electron chi connectivity index (χ1n) is 5.76. The molecule has 0 aliphatic heterocycles. The number of benzene rings is 1. The molecular weight excluding hydrogens is 281 g/mol. The summed E-state index contributed by atoms with van der Waals surface area (Å²) in [6, 6.07) is 4.35. The van der Waals surface area contributed by atoms with Crippen LogP contribution in [0.3, 0.4) is 0 Å². The van der Waals surface area contributed by atoms with E-state index in [0.29, 0.717) is 22.0 Å². The van der Waals surface area contributed by atoms with Crippen LogP contribution in [-0.2, 0) is 16.0 Å². The molecule has 0 atom stereocenters. The molecule has 0 saturated carbocycles. The number of hydrogen-bond acceptors (Lipinski definition) is 4. The van der Waals surface area contributed by atoms with Crippen LogP contribution in [0.15, 0.2) is 23.6 Å². The summed E-state index contributed by atoms with van der Waals surface area (Å²) in [5, 5.41) is 4.70. The fraction of sp³-hybridized carbons (Fsp3) is 0.154. The van der Waals surface area contributed by atoms with Crippen LogP contribution in [0.2, 0.25) is 0 Å². The van der Waals surface area contributed by atoms with E-state index < -0.39 is 11.7 Å². The molecule has 0 aliphatic carbocycles. The van der Waals surface area contributed by atoms with Gasteiger partial charge in [0.15, 0.2) is 0 Å². The predicted octanol–water partition coefficient (Wildman–Crippen LogP) is 1.94. The Morgan fingerprint density at radius 3 is 2.80 bits per heavy atom. The highest BCUT2D eigenvalue weighted by molar-refractivity contribution is 7.10. The van der Waals surface area contributed by atoms with Gasteiger partial charge in [-0.15, -0.1) is 11.3 Å². The van der Waals surface area contributed by atoms with Crippen molar-refractivity contribution in [1.29, 1.82) is 0 Å². The lowest BCUT2D eigenvalue weighted by Crippen LogP contribution is -2.13. The zero-order valence-corrected chi connectivity index (χ0v) is 11.5. The number of primary amides is 1. The van der Waals surface area contributed by atoms with Crippen molar-refractivity contribution in [2.75, 3.05) is 5.32 Å². The maximum Gasteiger partial charge on any atom is 0.224 e. The molecule has 3 N–H and O–H groups in total. The van der Waals surface area contributed by atoms with Crippen molar-refractivity contribution in [1.82, 2.24) is 4.98 Å². The van der Waals surface area contributed by atoms with Gasteiger partial charge < -0.3 is 11.1 Å². The molecule has 2 rings (SSSR count). The Balaban J connectivity index is 2.26. The number of nitrogens with zero attached hydrogens (tertiary/aromatic N) is 1. The Morgan fingerprint density at radius 2 is 2.20 bits per heavy atom. The number of rotatable bonds is 4. The van der Waals surface area contributed by atoms with Crippen molar-refractivity contribution in [3.8, 4) is 11.3 Å². The van der Waals surface area contributed by atoms with Crippen LogP contribution in [0.1, 0.15) is 11.9 Å². The molecule has 2 aromatic rings. The highest BCUT2D eigenvalue weighted by atomic mass is 32.1. The summed E-state index contributed by atoms with van der Waals surface area (Å²) in [5.74, 6) is -1.24. The molecule has 0 saturated heterocycles. The van der Waals surface area contributed by atoms with Gasteiger partial charge in [-0.25, -0.2) is 9.37 Å². The molecule has 0 fully saturated rings. The van der Waals surface area contributed by atoms with Gasteiger partial charge in [0.2, 0.25) is 11.8 Å². The van der Waals surface area contributed by atoms with Crippen molar-refractivity contribution >= 4 is 28.8 Å². The van der Waals surface area contributed by atoms with E-state index in [2.05, 4.69) is 10.3 Å². The third-order valence-corrected chi connectivity index (χ3v) is 3.29. The second-order valence-corrected chi connectivity index (χ2v) is 5.09. The summed E-state index contributed by atoms with van der Waals surface area (Å²) in [6.45, 7) is 1.35. The minimum atomic E-state index is -0.493. The van der Waals surface area contributed by atoms with Crippen LogP contribution in [0, 0.1) is 5.82 Å². The topological polar surface area (TPSA) is 85.1 Å². The zero-order valence-electron chi connectivity index (χ0n) is 10.6. The largest absolute Gasteiger partial charge is 0.369 e. The molecule has 1 heterocycles. The van der Waals surface area contributed by atoms with Crippen LogP contribution in [0.4, 0.5) is 10.1 Å². The van der Waals surface area contributed by atoms with E-state index in [1.807, 2.05) is 0 Å². The number of amides is 2. The summed E-state index contributed by atoms with van der Waals surface area (Å²) in [4.78, 5) is 25.9. The number of halogens is 1. The average Bonchev–Trinajstić information content (AvgIpc) is 2.75. The predicted molar refractivity (Wildman–Crippen MR) is 74.7 cm³/mol. The highest BCUT2D eigenvalue weighted by Crippen LogP contribution is 2.26. The Hall–Kier alpha value is -2.28. The molecular formula is C13H12FN3O2S.